The number of sulfonamides is 1. The van der Waals surface area contributed by atoms with Gasteiger partial charge in [-0.05, 0) is 42.6 Å². The molecule has 2 rings (SSSR count). The van der Waals surface area contributed by atoms with Gasteiger partial charge in [-0.25, -0.2) is 13.1 Å². The normalized spacial score (nSPS) is 12.8. The topological polar surface area (TPSA) is 75.3 Å². The van der Waals surface area contributed by atoms with Gasteiger partial charge in [0.2, 0.25) is 15.9 Å². The van der Waals surface area contributed by atoms with E-state index in [2.05, 4.69) is 10.0 Å². The highest BCUT2D eigenvalue weighted by Gasteiger charge is 2.22. The molecule has 24 heavy (non-hydrogen) atoms. The minimum Gasteiger partial charge on any atom is -0.354 e. The van der Waals surface area contributed by atoms with Crippen molar-refractivity contribution < 1.29 is 13.2 Å². The van der Waals surface area contributed by atoms with Crippen molar-refractivity contribution in [2.45, 2.75) is 12.3 Å². The highest BCUT2D eigenvalue weighted by Crippen LogP contribution is 2.25. The number of halogens is 1. The van der Waals surface area contributed by atoms with E-state index in [-0.39, 0.29) is 18.2 Å². The smallest absolute Gasteiger partial charge is 0.227 e. The van der Waals surface area contributed by atoms with Crippen LogP contribution in [0.3, 0.4) is 0 Å². The molecule has 2 N–H and O–H groups in total. The van der Waals surface area contributed by atoms with Crippen molar-refractivity contribution >= 4 is 38.9 Å². The van der Waals surface area contributed by atoms with E-state index in [0.29, 0.717) is 11.4 Å². The van der Waals surface area contributed by atoms with Gasteiger partial charge < -0.3 is 5.32 Å². The molecule has 1 heterocycles. The van der Waals surface area contributed by atoms with Gasteiger partial charge in [0.15, 0.2) is 0 Å². The van der Waals surface area contributed by atoms with E-state index in [4.69, 9.17) is 11.6 Å². The third kappa shape index (κ3) is 5.59. The molecule has 0 aliphatic heterocycles. The molecule has 0 aliphatic carbocycles. The Kier molecular flexibility index (Phi) is 6.79. The Hall–Kier alpha value is -1.41. The second-order valence-electron chi connectivity index (χ2n) is 5.20. The molecule has 1 aromatic heterocycles. The zero-order chi connectivity index (χ0) is 17.6. The van der Waals surface area contributed by atoms with Gasteiger partial charge in [-0.1, -0.05) is 29.8 Å². The SMILES string of the molecule is CNS(=O)(=O)CCNC(=O)C(Cc1cccs1)c1ccc(Cl)cc1. The van der Waals surface area contributed by atoms with Crippen LogP contribution in [-0.4, -0.2) is 33.7 Å². The Balaban J connectivity index is 2.09. The summed E-state index contributed by atoms with van der Waals surface area (Å²) in [6.07, 6.45) is 0.559. The number of benzene rings is 1. The number of amides is 1. The molecule has 5 nitrogen and oxygen atoms in total. The largest absolute Gasteiger partial charge is 0.354 e. The quantitative estimate of drug-likeness (QED) is 0.731. The van der Waals surface area contributed by atoms with Crippen LogP contribution in [0.1, 0.15) is 16.4 Å². The van der Waals surface area contributed by atoms with E-state index < -0.39 is 15.9 Å². The lowest BCUT2D eigenvalue weighted by atomic mass is 9.94. The first-order valence-corrected chi connectivity index (χ1v) is 10.3. The Bertz CT molecular complexity index is 759. The zero-order valence-electron chi connectivity index (χ0n) is 13.2. The lowest BCUT2D eigenvalue weighted by molar-refractivity contribution is -0.122. The molecular weight excluding hydrogens is 368 g/mol. The van der Waals surface area contributed by atoms with E-state index in [1.54, 1.807) is 23.5 Å². The average Bonchev–Trinajstić information content (AvgIpc) is 3.06. The van der Waals surface area contributed by atoms with Crippen molar-refractivity contribution in [3.8, 4) is 0 Å². The van der Waals surface area contributed by atoms with E-state index in [0.717, 1.165) is 10.4 Å². The molecule has 1 aromatic carbocycles. The summed E-state index contributed by atoms with van der Waals surface area (Å²) in [5, 5.41) is 5.28. The lowest BCUT2D eigenvalue weighted by Crippen LogP contribution is -2.36. The zero-order valence-corrected chi connectivity index (χ0v) is 15.5. The van der Waals surface area contributed by atoms with Crippen LogP contribution < -0.4 is 10.0 Å². The van der Waals surface area contributed by atoms with Crippen molar-refractivity contribution in [1.29, 1.82) is 0 Å². The fraction of sp³-hybridized carbons (Fsp3) is 0.312. The molecule has 2 aromatic rings. The van der Waals surface area contributed by atoms with Gasteiger partial charge in [0.05, 0.1) is 11.7 Å². The Morgan fingerprint density at radius 3 is 2.54 bits per heavy atom. The maximum Gasteiger partial charge on any atom is 0.227 e. The second-order valence-corrected chi connectivity index (χ2v) is 8.72. The lowest BCUT2D eigenvalue weighted by Gasteiger charge is -2.17. The van der Waals surface area contributed by atoms with Crippen molar-refractivity contribution in [3.63, 3.8) is 0 Å². The maximum absolute atomic E-state index is 12.6. The van der Waals surface area contributed by atoms with Crippen molar-refractivity contribution in [2.24, 2.45) is 0 Å². The van der Waals surface area contributed by atoms with Crippen LogP contribution >= 0.6 is 22.9 Å². The summed E-state index contributed by atoms with van der Waals surface area (Å²) in [7, 11) is -1.99. The molecule has 0 saturated heterocycles. The maximum atomic E-state index is 12.6. The number of hydrogen-bond acceptors (Lipinski definition) is 4. The summed E-state index contributed by atoms with van der Waals surface area (Å²) in [6.45, 7) is 0.0660. The van der Waals surface area contributed by atoms with Crippen LogP contribution in [0.2, 0.25) is 5.02 Å². The highest BCUT2D eigenvalue weighted by molar-refractivity contribution is 7.89. The molecule has 130 valence electrons. The van der Waals surface area contributed by atoms with Gasteiger partial charge in [-0.15, -0.1) is 11.3 Å². The van der Waals surface area contributed by atoms with Crippen LogP contribution in [0.5, 0.6) is 0 Å². The van der Waals surface area contributed by atoms with E-state index in [1.807, 2.05) is 29.6 Å². The molecular formula is C16H19ClN2O3S2. The van der Waals surface area contributed by atoms with Crippen LogP contribution in [0.15, 0.2) is 41.8 Å². The predicted molar refractivity (Wildman–Crippen MR) is 98.1 cm³/mol. The van der Waals surface area contributed by atoms with Crippen LogP contribution in [0.25, 0.3) is 0 Å². The van der Waals surface area contributed by atoms with Gasteiger partial charge in [-0.2, -0.15) is 0 Å². The fourth-order valence-corrected chi connectivity index (χ4v) is 3.67. The number of rotatable bonds is 8. The minimum atomic E-state index is -3.34. The van der Waals surface area contributed by atoms with E-state index >= 15 is 0 Å². The summed E-state index contributed by atoms with van der Waals surface area (Å²) < 4.78 is 25.1. The monoisotopic (exact) mass is 386 g/mol. The number of carbonyl (C=O) groups excluding carboxylic acids is 1. The molecule has 1 unspecified atom stereocenters. The highest BCUT2D eigenvalue weighted by atomic mass is 35.5. The Morgan fingerprint density at radius 1 is 1.25 bits per heavy atom. The molecule has 0 aliphatic rings. The van der Waals surface area contributed by atoms with Crippen LogP contribution in [0.4, 0.5) is 0 Å². The first-order valence-electron chi connectivity index (χ1n) is 7.38. The minimum absolute atomic E-state index is 0.0660. The van der Waals surface area contributed by atoms with Crippen molar-refractivity contribution in [1.82, 2.24) is 10.0 Å². The molecule has 0 fully saturated rings. The van der Waals surface area contributed by atoms with E-state index in [9.17, 15) is 13.2 Å². The summed E-state index contributed by atoms with van der Waals surface area (Å²) in [5.74, 6) is -0.739. The molecule has 8 heteroatoms. The average molecular weight is 387 g/mol. The first-order chi connectivity index (χ1) is 11.4. The van der Waals surface area contributed by atoms with Gasteiger partial charge in [0, 0.05) is 16.4 Å². The third-order valence-electron chi connectivity index (χ3n) is 3.56. The number of thiophene rings is 1. The van der Waals surface area contributed by atoms with Crippen molar-refractivity contribution in [2.75, 3.05) is 19.3 Å². The summed E-state index contributed by atoms with van der Waals surface area (Å²) >= 11 is 7.50. The van der Waals surface area contributed by atoms with Crippen molar-refractivity contribution in [3.05, 3.63) is 57.2 Å². The number of carbonyl (C=O) groups is 1. The van der Waals surface area contributed by atoms with Gasteiger partial charge in [0.25, 0.3) is 0 Å². The molecule has 0 bridgehead atoms. The van der Waals surface area contributed by atoms with E-state index in [1.165, 1.54) is 7.05 Å². The number of hydrogen-bond donors (Lipinski definition) is 2. The molecule has 0 radical (unpaired) electrons. The standard InChI is InChI=1S/C16H19ClN2O3S2/c1-18-24(21,22)10-8-19-16(20)15(11-14-3-2-9-23-14)12-4-6-13(17)7-5-12/h2-7,9,15,18H,8,10-11H2,1H3,(H,19,20). The molecule has 1 atom stereocenters. The second kappa shape index (κ2) is 8.62. The Morgan fingerprint density at radius 2 is 1.96 bits per heavy atom. The molecule has 0 saturated carbocycles. The fourth-order valence-electron chi connectivity index (χ4n) is 2.22. The van der Waals surface area contributed by atoms with Gasteiger partial charge in [-0.3, -0.25) is 4.79 Å². The molecule has 0 spiro atoms. The Labute approximate surface area is 151 Å². The third-order valence-corrected chi connectivity index (χ3v) is 6.07. The summed E-state index contributed by atoms with van der Waals surface area (Å²) in [4.78, 5) is 13.7. The summed E-state index contributed by atoms with van der Waals surface area (Å²) in [5.41, 5.74) is 0.849. The molecule has 1 amide bonds. The van der Waals surface area contributed by atoms with Crippen LogP contribution in [-0.2, 0) is 21.2 Å². The van der Waals surface area contributed by atoms with Gasteiger partial charge >= 0.3 is 0 Å². The first kappa shape index (κ1) is 18.9. The van der Waals surface area contributed by atoms with Crippen LogP contribution in [0, 0.1) is 0 Å². The summed E-state index contributed by atoms with van der Waals surface area (Å²) in [6, 6.07) is 11.1. The van der Waals surface area contributed by atoms with Gasteiger partial charge in [0.1, 0.15) is 0 Å². The predicted octanol–water partition coefficient (Wildman–Crippen LogP) is 2.39. The number of nitrogens with one attached hydrogen (secondary N) is 2.